The van der Waals surface area contributed by atoms with E-state index in [1.54, 1.807) is 13.2 Å². The second kappa shape index (κ2) is 13.0. The molecule has 4 rings (SSSR count). The molecule has 40 heavy (non-hydrogen) atoms. The smallest absolute Gasteiger partial charge is 0.410 e. The van der Waals surface area contributed by atoms with Crippen molar-refractivity contribution in [3.05, 3.63) is 101 Å². The van der Waals surface area contributed by atoms with Crippen LogP contribution in [0.25, 0.3) is 0 Å². The third-order valence-electron chi connectivity index (χ3n) is 7.75. The van der Waals surface area contributed by atoms with Gasteiger partial charge >= 0.3 is 6.09 Å². The molecule has 0 radical (unpaired) electrons. The summed E-state index contributed by atoms with van der Waals surface area (Å²) in [5.74, 6) is -0.268. The van der Waals surface area contributed by atoms with Crippen molar-refractivity contribution < 1.29 is 18.7 Å². The predicted octanol–water partition coefficient (Wildman–Crippen LogP) is 5.55. The van der Waals surface area contributed by atoms with E-state index in [0.29, 0.717) is 18.1 Å². The Labute approximate surface area is 240 Å². The van der Waals surface area contributed by atoms with Crippen molar-refractivity contribution in [2.75, 3.05) is 33.2 Å². The number of likely N-dealkylation sites (N-methyl/N-ethyl adjacent to an activating group) is 1. The van der Waals surface area contributed by atoms with E-state index >= 15 is 0 Å². The van der Waals surface area contributed by atoms with Crippen LogP contribution in [0, 0.1) is 11.7 Å². The maximum Gasteiger partial charge on any atom is 0.415 e. The molecule has 7 nitrogen and oxygen atoms in total. The number of hydrogen-bond donors (Lipinski definition) is 1. The van der Waals surface area contributed by atoms with Crippen molar-refractivity contribution in [2.24, 2.45) is 11.7 Å². The standard InChI is InChI=1S/C31H36ClFN4O3/c1-21(18-34)4-5-22(2)36-16-14-24(15-17-36)30(38)37-19-28(23-6-8-25(32)9-7-23)29(20-37)35(3)31(39)40-27-12-10-26(33)11-13-27/h4-13,18,24,28-29H,2,14-17,19-20,34H2,1,3H3/b5-4-,21-18-/t28-,29+/m0/s1. The third-order valence-corrected chi connectivity index (χ3v) is 8.01. The van der Waals surface area contributed by atoms with Crippen LogP contribution in [0.15, 0.2) is 84.7 Å². The molecule has 2 amide bonds. The number of rotatable bonds is 7. The highest BCUT2D eigenvalue weighted by molar-refractivity contribution is 6.30. The Balaban J connectivity index is 1.44. The number of benzene rings is 2. The van der Waals surface area contributed by atoms with Crippen LogP contribution in [-0.4, -0.2) is 66.0 Å². The first kappa shape index (κ1) is 29.2. The number of amides is 2. The number of carbonyl (C=O) groups excluding carboxylic acids is 2. The first-order valence-corrected chi connectivity index (χ1v) is 13.8. The predicted molar refractivity (Wildman–Crippen MR) is 155 cm³/mol. The SMILES string of the molecule is C=C(/C=C\C(C)=C/N)N1CCC(C(=O)N2C[C@@H](N(C)C(=O)Oc3ccc(F)cc3)[C@H](c3ccc(Cl)cc3)C2)CC1. The molecular weight excluding hydrogens is 531 g/mol. The summed E-state index contributed by atoms with van der Waals surface area (Å²) in [6.07, 6.45) is 6.32. The number of hydrogen-bond acceptors (Lipinski definition) is 5. The Morgan fingerprint density at radius 2 is 1.70 bits per heavy atom. The molecule has 2 saturated heterocycles. The van der Waals surface area contributed by atoms with Gasteiger partial charge < -0.3 is 25.2 Å². The highest BCUT2D eigenvalue weighted by atomic mass is 35.5. The molecule has 2 aromatic rings. The molecule has 212 valence electrons. The zero-order chi connectivity index (χ0) is 28.8. The quantitative estimate of drug-likeness (QED) is 0.445. The summed E-state index contributed by atoms with van der Waals surface area (Å²) in [6.45, 7) is 8.45. The topological polar surface area (TPSA) is 79.1 Å². The molecule has 0 spiro atoms. The molecule has 2 aliphatic rings. The minimum atomic E-state index is -0.565. The van der Waals surface area contributed by atoms with Crippen molar-refractivity contribution in [2.45, 2.75) is 31.7 Å². The number of nitrogens with two attached hydrogens (primary N) is 1. The number of likely N-dealkylation sites (tertiary alicyclic amines) is 2. The maximum atomic E-state index is 13.7. The maximum absolute atomic E-state index is 13.7. The number of allylic oxidation sites excluding steroid dienone is 3. The number of carbonyl (C=O) groups is 2. The van der Waals surface area contributed by atoms with Gasteiger partial charge in [0.25, 0.3) is 0 Å². The van der Waals surface area contributed by atoms with E-state index in [9.17, 15) is 14.0 Å². The monoisotopic (exact) mass is 566 g/mol. The van der Waals surface area contributed by atoms with Crippen molar-refractivity contribution in [3.8, 4) is 5.75 Å². The van der Waals surface area contributed by atoms with E-state index < -0.39 is 11.9 Å². The van der Waals surface area contributed by atoms with Gasteiger partial charge in [-0.15, -0.1) is 0 Å². The van der Waals surface area contributed by atoms with Crippen LogP contribution in [0.1, 0.15) is 31.2 Å². The van der Waals surface area contributed by atoms with Crippen molar-refractivity contribution in [1.29, 1.82) is 0 Å². The minimum Gasteiger partial charge on any atom is -0.410 e. The highest BCUT2D eigenvalue weighted by Gasteiger charge is 2.42. The van der Waals surface area contributed by atoms with Gasteiger partial charge in [0.2, 0.25) is 5.91 Å². The largest absolute Gasteiger partial charge is 0.415 e. The molecule has 2 N–H and O–H groups in total. The molecule has 2 aliphatic heterocycles. The zero-order valence-corrected chi connectivity index (χ0v) is 23.7. The molecule has 0 aromatic heterocycles. The van der Waals surface area contributed by atoms with E-state index in [1.165, 1.54) is 29.2 Å². The van der Waals surface area contributed by atoms with Crippen LogP contribution in [-0.2, 0) is 4.79 Å². The first-order valence-electron chi connectivity index (χ1n) is 13.4. The molecule has 0 unspecified atom stereocenters. The highest BCUT2D eigenvalue weighted by Crippen LogP contribution is 2.34. The van der Waals surface area contributed by atoms with E-state index in [1.807, 2.05) is 48.2 Å². The van der Waals surface area contributed by atoms with Gasteiger partial charge in [-0.1, -0.05) is 36.4 Å². The summed E-state index contributed by atoms with van der Waals surface area (Å²) in [5, 5.41) is 0.618. The Hall–Kier alpha value is -3.78. The van der Waals surface area contributed by atoms with E-state index in [-0.39, 0.29) is 29.5 Å². The van der Waals surface area contributed by atoms with Gasteiger partial charge in [-0.25, -0.2) is 9.18 Å². The molecule has 2 atom stereocenters. The van der Waals surface area contributed by atoms with Gasteiger partial charge in [0.1, 0.15) is 11.6 Å². The third kappa shape index (κ3) is 7.04. The molecule has 9 heteroatoms. The number of piperidine rings is 1. The average Bonchev–Trinajstić information content (AvgIpc) is 3.42. The summed E-state index contributed by atoms with van der Waals surface area (Å²) in [7, 11) is 1.67. The molecule has 0 saturated carbocycles. The van der Waals surface area contributed by atoms with Gasteiger partial charge in [-0.2, -0.15) is 0 Å². The first-order chi connectivity index (χ1) is 19.2. The number of nitrogens with zero attached hydrogens (tertiary/aromatic N) is 3. The second-order valence-electron chi connectivity index (χ2n) is 10.4. The molecule has 0 aliphatic carbocycles. The van der Waals surface area contributed by atoms with Crippen LogP contribution in [0.5, 0.6) is 5.75 Å². The van der Waals surface area contributed by atoms with Crippen molar-refractivity contribution in [3.63, 3.8) is 0 Å². The number of halogens is 2. The van der Waals surface area contributed by atoms with Crippen LogP contribution in [0.4, 0.5) is 9.18 Å². The van der Waals surface area contributed by atoms with E-state index in [2.05, 4.69) is 11.5 Å². The fourth-order valence-corrected chi connectivity index (χ4v) is 5.39. The van der Waals surface area contributed by atoms with Gasteiger partial charge in [0.05, 0.1) is 6.04 Å². The van der Waals surface area contributed by atoms with Crippen LogP contribution in [0.3, 0.4) is 0 Å². The molecule has 2 heterocycles. The summed E-state index contributed by atoms with van der Waals surface area (Å²) in [5.41, 5.74) is 8.39. The van der Waals surface area contributed by atoms with E-state index in [0.717, 1.165) is 42.8 Å². The summed E-state index contributed by atoms with van der Waals surface area (Å²) < 4.78 is 18.8. The lowest BCUT2D eigenvalue weighted by molar-refractivity contribution is -0.136. The molecular formula is C31H36ClFN4O3. The Bertz CT molecular complexity index is 1270. The Kier molecular flexibility index (Phi) is 9.53. The normalized spacial score (nSPS) is 20.1. The van der Waals surface area contributed by atoms with Gasteiger partial charge in [-0.3, -0.25) is 4.79 Å². The summed E-state index contributed by atoms with van der Waals surface area (Å²) >= 11 is 6.13. The molecule has 0 bridgehead atoms. The lowest BCUT2D eigenvalue weighted by atomic mass is 9.93. The van der Waals surface area contributed by atoms with Crippen LogP contribution < -0.4 is 10.5 Å². The fraction of sp³-hybridized carbons (Fsp3) is 0.355. The second-order valence-corrected chi connectivity index (χ2v) is 10.8. The van der Waals surface area contributed by atoms with Gasteiger partial charge in [0.15, 0.2) is 0 Å². The minimum absolute atomic E-state index is 0.0974. The lowest BCUT2D eigenvalue weighted by Gasteiger charge is -2.35. The summed E-state index contributed by atoms with van der Waals surface area (Å²) in [6, 6.07) is 12.5. The van der Waals surface area contributed by atoms with Crippen molar-refractivity contribution >= 4 is 23.6 Å². The lowest BCUT2D eigenvalue weighted by Crippen LogP contribution is -2.45. The number of ether oxygens (including phenoxy) is 1. The van der Waals surface area contributed by atoms with Crippen LogP contribution >= 0.6 is 11.6 Å². The van der Waals surface area contributed by atoms with Crippen LogP contribution in [0.2, 0.25) is 5.02 Å². The van der Waals surface area contributed by atoms with E-state index in [4.69, 9.17) is 22.1 Å². The van der Waals surface area contributed by atoms with Gasteiger partial charge in [0, 0.05) is 55.8 Å². The molecule has 2 aromatic carbocycles. The van der Waals surface area contributed by atoms with Crippen molar-refractivity contribution in [1.82, 2.24) is 14.7 Å². The summed E-state index contributed by atoms with van der Waals surface area (Å²) in [4.78, 5) is 32.3. The average molecular weight is 567 g/mol. The Morgan fingerprint density at radius 1 is 1.05 bits per heavy atom. The zero-order valence-electron chi connectivity index (χ0n) is 22.9. The van der Waals surface area contributed by atoms with Gasteiger partial charge in [-0.05, 0) is 79.6 Å². The Morgan fingerprint density at radius 3 is 2.33 bits per heavy atom. The molecule has 2 fully saturated rings. The fourth-order valence-electron chi connectivity index (χ4n) is 5.27.